The second-order valence-corrected chi connectivity index (χ2v) is 10.1. The van der Waals surface area contributed by atoms with Crippen LogP contribution in [0.3, 0.4) is 0 Å². The third kappa shape index (κ3) is 3.50. The first-order chi connectivity index (χ1) is 15.7. The van der Waals surface area contributed by atoms with E-state index in [0.29, 0.717) is 0 Å². The molecule has 6 rings (SSSR count). The number of hydrazone groups is 1. The molecule has 0 radical (unpaired) electrons. The third-order valence-corrected chi connectivity index (χ3v) is 7.86. The van der Waals surface area contributed by atoms with Gasteiger partial charge < -0.3 is 9.64 Å². The van der Waals surface area contributed by atoms with Crippen molar-refractivity contribution >= 4 is 17.5 Å². The highest BCUT2D eigenvalue weighted by atomic mass is 32.2. The molecule has 3 aliphatic rings. The Bertz CT molecular complexity index is 1140. The first-order valence-corrected chi connectivity index (χ1v) is 12.2. The molecule has 32 heavy (non-hydrogen) atoms. The van der Waals surface area contributed by atoms with Crippen molar-refractivity contribution < 1.29 is 4.74 Å². The molecular weight excluding hydrogens is 414 g/mol. The minimum Gasteiger partial charge on any atom is -0.466 e. The number of ether oxygens (including phenoxy) is 1. The maximum absolute atomic E-state index is 6.68. The Hall–Kier alpha value is -2.76. The second kappa shape index (κ2) is 7.98. The smallest absolute Gasteiger partial charge is 0.200 e. The molecule has 0 amide bonds. The molecule has 1 saturated heterocycles. The zero-order chi connectivity index (χ0) is 21.5. The standard InChI is InChI=1S/C27H27N3OS/c1-29-17-15-27(16-18-29)30-25(23-9-5-6-10-26(23)31-27)19-24(28-30)20-11-13-22(14-12-20)32-21-7-3-2-4-8-21/h2-14,25H,15-19H2,1H3/t25-/m0/s1. The normalized spacial score (nSPS) is 21.6. The Balaban J connectivity index is 1.30. The molecule has 3 aromatic rings. The maximum atomic E-state index is 6.68. The Morgan fingerprint density at radius 3 is 2.34 bits per heavy atom. The summed E-state index contributed by atoms with van der Waals surface area (Å²) in [6, 6.07) is 28.1. The summed E-state index contributed by atoms with van der Waals surface area (Å²) in [6.07, 6.45) is 2.86. The third-order valence-electron chi connectivity index (χ3n) is 6.84. The molecule has 0 aromatic heterocycles. The molecule has 3 aromatic carbocycles. The molecule has 1 fully saturated rings. The van der Waals surface area contributed by atoms with Crippen LogP contribution in [0.2, 0.25) is 0 Å². The first kappa shape index (κ1) is 19.9. The van der Waals surface area contributed by atoms with Crippen LogP contribution in [0.25, 0.3) is 0 Å². The van der Waals surface area contributed by atoms with E-state index in [4.69, 9.17) is 9.84 Å². The molecule has 3 heterocycles. The van der Waals surface area contributed by atoms with Crippen LogP contribution >= 0.6 is 11.8 Å². The molecule has 3 aliphatic heterocycles. The number of nitrogens with zero attached hydrogens (tertiary/aromatic N) is 3. The summed E-state index contributed by atoms with van der Waals surface area (Å²) < 4.78 is 6.68. The topological polar surface area (TPSA) is 28.1 Å². The van der Waals surface area contributed by atoms with Crippen LogP contribution in [-0.4, -0.2) is 41.5 Å². The van der Waals surface area contributed by atoms with E-state index in [9.17, 15) is 0 Å². The largest absolute Gasteiger partial charge is 0.466 e. The van der Waals surface area contributed by atoms with E-state index < -0.39 is 0 Å². The number of likely N-dealkylation sites (tertiary alicyclic amines) is 1. The number of benzene rings is 3. The fourth-order valence-electron chi connectivity index (χ4n) is 5.04. The number of piperidine rings is 1. The van der Waals surface area contributed by atoms with Gasteiger partial charge in [0.25, 0.3) is 0 Å². The van der Waals surface area contributed by atoms with Gasteiger partial charge in [-0.3, -0.25) is 0 Å². The average molecular weight is 442 g/mol. The average Bonchev–Trinajstić information content (AvgIpc) is 3.29. The SMILES string of the molecule is CN1CCC2(CC1)Oc1ccccc1[C@@H]1CC(c3ccc(Sc4ccccc4)cc3)=NN12. The van der Waals surface area contributed by atoms with E-state index >= 15 is 0 Å². The molecule has 0 saturated carbocycles. The van der Waals surface area contributed by atoms with Gasteiger partial charge >= 0.3 is 0 Å². The Morgan fingerprint density at radius 2 is 1.56 bits per heavy atom. The quantitative estimate of drug-likeness (QED) is 0.513. The van der Waals surface area contributed by atoms with Crippen molar-refractivity contribution in [2.24, 2.45) is 5.10 Å². The zero-order valence-electron chi connectivity index (χ0n) is 18.3. The summed E-state index contributed by atoms with van der Waals surface area (Å²) in [4.78, 5) is 4.89. The molecule has 5 heteroatoms. The predicted molar refractivity (Wildman–Crippen MR) is 129 cm³/mol. The van der Waals surface area contributed by atoms with Gasteiger partial charge in [0.05, 0.1) is 11.8 Å². The van der Waals surface area contributed by atoms with E-state index in [1.165, 1.54) is 20.9 Å². The molecule has 0 unspecified atom stereocenters. The fourth-order valence-corrected chi connectivity index (χ4v) is 5.88. The van der Waals surface area contributed by atoms with Crippen molar-refractivity contribution in [2.45, 2.75) is 40.8 Å². The van der Waals surface area contributed by atoms with E-state index in [1.54, 1.807) is 11.8 Å². The van der Waals surface area contributed by atoms with E-state index in [1.807, 2.05) is 0 Å². The van der Waals surface area contributed by atoms with Crippen LogP contribution in [0.15, 0.2) is 93.8 Å². The summed E-state index contributed by atoms with van der Waals surface area (Å²) in [6.45, 7) is 2.06. The number of rotatable bonds is 3. The van der Waals surface area contributed by atoms with Crippen LogP contribution in [0.5, 0.6) is 5.75 Å². The number of para-hydroxylation sites is 1. The molecule has 1 spiro atoms. The summed E-state index contributed by atoms with van der Waals surface area (Å²) >= 11 is 1.79. The molecule has 0 N–H and O–H groups in total. The number of fused-ring (bicyclic) bond motifs is 4. The van der Waals surface area contributed by atoms with Gasteiger partial charge in [0.1, 0.15) is 5.75 Å². The Morgan fingerprint density at radius 1 is 0.875 bits per heavy atom. The lowest BCUT2D eigenvalue weighted by atomic mass is 9.91. The zero-order valence-corrected chi connectivity index (χ0v) is 19.1. The predicted octanol–water partition coefficient (Wildman–Crippen LogP) is 5.80. The van der Waals surface area contributed by atoms with Crippen molar-refractivity contribution in [1.29, 1.82) is 0 Å². The van der Waals surface area contributed by atoms with Gasteiger partial charge in [0.2, 0.25) is 5.72 Å². The number of hydrogen-bond donors (Lipinski definition) is 0. The van der Waals surface area contributed by atoms with Gasteiger partial charge in [-0.25, -0.2) is 5.01 Å². The van der Waals surface area contributed by atoms with Crippen molar-refractivity contribution in [3.63, 3.8) is 0 Å². The van der Waals surface area contributed by atoms with Crippen LogP contribution in [0.4, 0.5) is 0 Å². The highest BCUT2D eigenvalue weighted by Crippen LogP contribution is 2.49. The highest BCUT2D eigenvalue weighted by Gasteiger charge is 2.51. The number of hydrogen-bond acceptors (Lipinski definition) is 5. The van der Waals surface area contributed by atoms with E-state index in [2.05, 4.69) is 95.8 Å². The van der Waals surface area contributed by atoms with Gasteiger partial charge in [-0.2, -0.15) is 5.10 Å². The van der Waals surface area contributed by atoms with E-state index in [0.717, 1.165) is 43.8 Å². The van der Waals surface area contributed by atoms with Crippen LogP contribution < -0.4 is 4.74 Å². The van der Waals surface area contributed by atoms with Gasteiger partial charge in [-0.1, -0.05) is 60.3 Å². The summed E-state index contributed by atoms with van der Waals surface area (Å²) in [7, 11) is 2.19. The first-order valence-electron chi connectivity index (χ1n) is 11.4. The molecule has 4 nitrogen and oxygen atoms in total. The molecular formula is C27H27N3OS. The Kier molecular flexibility index (Phi) is 4.96. The minimum atomic E-state index is -0.337. The Labute approximate surface area is 193 Å². The molecule has 0 aliphatic carbocycles. The van der Waals surface area contributed by atoms with Crippen LogP contribution in [0, 0.1) is 0 Å². The van der Waals surface area contributed by atoms with Crippen molar-refractivity contribution in [1.82, 2.24) is 9.91 Å². The lowest BCUT2D eigenvalue weighted by molar-refractivity contribution is -0.147. The second-order valence-electron chi connectivity index (χ2n) is 8.94. The minimum absolute atomic E-state index is 0.247. The van der Waals surface area contributed by atoms with E-state index in [-0.39, 0.29) is 11.8 Å². The summed E-state index contributed by atoms with van der Waals surface area (Å²) in [5.74, 6) is 1.03. The van der Waals surface area contributed by atoms with Gasteiger partial charge in [0.15, 0.2) is 0 Å². The molecule has 1 atom stereocenters. The maximum Gasteiger partial charge on any atom is 0.200 e. The van der Waals surface area contributed by atoms with Crippen molar-refractivity contribution in [3.05, 3.63) is 90.0 Å². The summed E-state index contributed by atoms with van der Waals surface area (Å²) in [5.41, 5.74) is 3.28. The van der Waals surface area contributed by atoms with Crippen LogP contribution in [-0.2, 0) is 0 Å². The summed E-state index contributed by atoms with van der Waals surface area (Å²) in [5, 5.41) is 7.49. The van der Waals surface area contributed by atoms with Crippen molar-refractivity contribution in [3.8, 4) is 5.75 Å². The van der Waals surface area contributed by atoms with Gasteiger partial charge in [-0.05, 0) is 42.9 Å². The molecule has 0 bridgehead atoms. The van der Waals surface area contributed by atoms with Gasteiger partial charge in [-0.15, -0.1) is 0 Å². The van der Waals surface area contributed by atoms with Crippen LogP contribution in [0.1, 0.15) is 36.4 Å². The van der Waals surface area contributed by atoms with Gasteiger partial charge in [0, 0.05) is 47.7 Å². The fraction of sp³-hybridized carbons (Fsp3) is 0.296. The highest BCUT2D eigenvalue weighted by molar-refractivity contribution is 7.99. The van der Waals surface area contributed by atoms with Crippen molar-refractivity contribution in [2.75, 3.05) is 20.1 Å². The monoisotopic (exact) mass is 441 g/mol. The lowest BCUT2D eigenvalue weighted by Crippen LogP contribution is -2.58. The molecule has 162 valence electrons. The lowest BCUT2D eigenvalue weighted by Gasteiger charge is -2.50.